The lowest BCUT2D eigenvalue weighted by molar-refractivity contribution is 0.192. The Hall–Kier alpha value is -1.83. The molecule has 0 bridgehead atoms. The fraction of sp³-hybridized carbons (Fsp3) is 0.0769. The summed E-state index contributed by atoms with van der Waals surface area (Å²) >= 11 is 0. The van der Waals surface area contributed by atoms with Crippen LogP contribution in [0.1, 0.15) is 0 Å². The summed E-state index contributed by atoms with van der Waals surface area (Å²) < 4.78 is 17.0. The lowest BCUT2D eigenvalue weighted by atomic mass is 10.1. The van der Waals surface area contributed by atoms with Crippen molar-refractivity contribution in [3.8, 4) is 16.9 Å². The SMILES string of the molecule is FCOc1ccc[c]c1-c1ccccc1. The minimum absolute atomic E-state index is 0.520. The minimum Gasteiger partial charge on any atom is -0.462 e. The number of halogens is 1. The minimum atomic E-state index is -0.822. The van der Waals surface area contributed by atoms with Gasteiger partial charge in [0.05, 0.1) is 0 Å². The molecule has 0 fully saturated rings. The fourth-order valence-electron chi connectivity index (χ4n) is 1.43. The van der Waals surface area contributed by atoms with Crippen molar-refractivity contribution in [3.63, 3.8) is 0 Å². The van der Waals surface area contributed by atoms with Gasteiger partial charge in [-0.05, 0) is 17.7 Å². The molecule has 0 amide bonds. The van der Waals surface area contributed by atoms with Crippen LogP contribution in [0.4, 0.5) is 4.39 Å². The van der Waals surface area contributed by atoms with Crippen molar-refractivity contribution < 1.29 is 9.13 Å². The molecule has 0 spiro atoms. The smallest absolute Gasteiger partial charge is 0.228 e. The van der Waals surface area contributed by atoms with E-state index >= 15 is 0 Å². The molecule has 0 N–H and O–H groups in total. The van der Waals surface area contributed by atoms with Gasteiger partial charge in [0.2, 0.25) is 6.86 Å². The molecule has 0 heterocycles. The maximum Gasteiger partial charge on any atom is 0.228 e. The molecule has 1 radical (unpaired) electrons. The molecule has 1 nitrogen and oxygen atoms in total. The zero-order chi connectivity index (χ0) is 10.5. The van der Waals surface area contributed by atoms with Crippen molar-refractivity contribution in [2.24, 2.45) is 0 Å². The monoisotopic (exact) mass is 201 g/mol. The largest absolute Gasteiger partial charge is 0.462 e. The van der Waals surface area contributed by atoms with E-state index in [0.717, 1.165) is 11.1 Å². The van der Waals surface area contributed by atoms with Gasteiger partial charge in [0.15, 0.2) is 0 Å². The van der Waals surface area contributed by atoms with E-state index in [1.54, 1.807) is 18.2 Å². The Morgan fingerprint density at radius 1 is 1.07 bits per heavy atom. The standard InChI is InChI=1S/C13H10FO/c14-10-15-13-9-5-4-8-12(13)11-6-2-1-3-7-11/h1-7,9H,10H2. The second kappa shape index (κ2) is 4.60. The van der Waals surface area contributed by atoms with Gasteiger partial charge in [-0.3, -0.25) is 0 Å². The first-order valence-corrected chi connectivity index (χ1v) is 4.66. The van der Waals surface area contributed by atoms with Crippen molar-refractivity contribution in [2.75, 3.05) is 6.86 Å². The molecule has 2 aromatic carbocycles. The Labute approximate surface area is 88.1 Å². The predicted octanol–water partition coefficient (Wildman–Crippen LogP) is 3.46. The molecule has 2 rings (SSSR count). The highest BCUT2D eigenvalue weighted by Gasteiger charge is 2.04. The Morgan fingerprint density at radius 2 is 1.87 bits per heavy atom. The van der Waals surface area contributed by atoms with E-state index in [0.29, 0.717) is 5.75 Å². The van der Waals surface area contributed by atoms with E-state index in [1.807, 2.05) is 30.3 Å². The molecule has 0 aliphatic heterocycles. The molecular formula is C13H10FO. The van der Waals surface area contributed by atoms with Crippen LogP contribution in [0.5, 0.6) is 5.75 Å². The van der Waals surface area contributed by atoms with E-state index in [-0.39, 0.29) is 0 Å². The molecular weight excluding hydrogens is 191 g/mol. The summed E-state index contributed by atoms with van der Waals surface area (Å²) in [4.78, 5) is 0. The summed E-state index contributed by atoms with van der Waals surface area (Å²) in [6, 6.07) is 18.0. The highest BCUT2D eigenvalue weighted by atomic mass is 19.1. The van der Waals surface area contributed by atoms with E-state index in [2.05, 4.69) is 6.07 Å². The van der Waals surface area contributed by atoms with Crippen molar-refractivity contribution in [1.29, 1.82) is 0 Å². The Kier molecular flexibility index (Phi) is 2.98. The third-order valence-corrected chi connectivity index (χ3v) is 2.09. The van der Waals surface area contributed by atoms with Crippen LogP contribution in [-0.2, 0) is 0 Å². The van der Waals surface area contributed by atoms with Crippen LogP contribution in [0, 0.1) is 6.07 Å². The van der Waals surface area contributed by atoms with Crippen LogP contribution in [0.15, 0.2) is 48.5 Å². The van der Waals surface area contributed by atoms with Gasteiger partial charge >= 0.3 is 0 Å². The third-order valence-electron chi connectivity index (χ3n) is 2.09. The van der Waals surface area contributed by atoms with Gasteiger partial charge < -0.3 is 4.74 Å². The van der Waals surface area contributed by atoms with E-state index < -0.39 is 6.86 Å². The Morgan fingerprint density at radius 3 is 2.60 bits per heavy atom. The average Bonchev–Trinajstić information content (AvgIpc) is 2.31. The number of hydrogen-bond acceptors (Lipinski definition) is 1. The second-order valence-corrected chi connectivity index (χ2v) is 3.03. The highest BCUT2D eigenvalue weighted by molar-refractivity contribution is 5.69. The number of rotatable bonds is 3. The molecule has 0 aliphatic rings. The van der Waals surface area contributed by atoms with Gasteiger partial charge in [-0.2, -0.15) is 0 Å². The van der Waals surface area contributed by atoms with Crippen molar-refractivity contribution >= 4 is 0 Å². The van der Waals surface area contributed by atoms with Crippen LogP contribution >= 0.6 is 0 Å². The molecule has 2 heteroatoms. The summed E-state index contributed by atoms with van der Waals surface area (Å²) in [7, 11) is 0. The second-order valence-electron chi connectivity index (χ2n) is 3.03. The maximum atomic E-state index is 12.1. The summed E-state index contributed by atoms with van der Waals surface area (Å²) in [5, 5.41) is 0. The van der Waals surface area contributed by atoms with Gasteiger partial charge in [-0.15, -0.1) is 0 Å². The lowest BCUT2D eigenvalue weighted by Gasteiger charge is -2.07. The molecule has 0 saturated carbocycles. The molecule has 0 unspecified atom stereocenters. The van der Waals surface area contributed by atoms with Gasteiger partial charge in [0.25, 0.3) is 0 Å². The Balaban J connectivity index is 2.43. The first kappa shape index (κ1) is 9.71. The first-order chi connectivity index (χ1) is 7.42. The lowest BCUT2D eigenvalue weighted by Crippen LogP contribution is -1.92. The highest BCUT2D eigenvalue weighted by Crippen LogP contribution is 2.28. The Bertz CT molecular complexity index is 426. The molecule has 0 atom stereocenters. The fourth-order valence-corrected chi connectivity index (χ4v) is 1.43. The molecule has 75 valence electrons. The number of alkyl halides is 1. The van der Waals surface area contributed by atoms with Crippen LogP contribution < -0.4 is 4.74 Å². The molecule has 0 aliphatic carbocycles. The number of benzene rings is 2. The molecule has 0 saturated heterocycles. The summed E-state index contributed by atoms with van der Waals surface area (Å²) in [5.41, 5.74) is 1.76. The summed E-state index contributed by atoms with van der Waals surface area (Å²) in [6.07, 6.45) is 0. The number of ether oxygens (including phenoxy) is 1. The summed E-state index contributed by atoms with van der Waals surface area (Å²) in [5.74, 6) is 0.520. The van der Waals surface area contributed by atoms with Crippen LogP contribution in [0.25, 0.3) is 11.1 Å². The van der Waals surface area contributed by atoms with Crippen LogP contribution in [-0.4, -0.2) is 6.86 Å². The van der Waals surface area contributed by atoms with Crippen LogP contribution in [0.2, 0.25) is 0 Å². The molecule has 15 heavy (non-hydrogen) atoms. The normalized spacial score (nSPS) is 9.93. The van der Waals surface area contributed by atoms with Crippen LogP contribution in [0.3, 0.4) is 0 Å². The van der Waals surface area contributed by atoms with Gasteiger partial charge in [-0.1, -0.05) is 42.5 Å². The van der Waals surface area contributed by atoms with E-state index in [9.17, 15) is 4.39 Å². The van der Waals surface area contributed by atoms with E-state index in [1.165, 1.54) is 0 Å². The zero-order valence-corrected chi connectivity index (χ0v) is 8.11. The topological polar surface area (TPSA) is 9.23 Å². The van der Waals surface area contributed by atoms with Crippen molar-refractivity contribution in [3.05, 3.63) is 54.6 Å². The molecule has 0 aromatic heterocycles. The average molecular weight is 201 g/mol. The van der Waals surface area contributed by atoms with Crippen molar-refractivity contribution in [1.82, 2.24) is 0 Å². The van der Waals surface area contributed by atoms with Gasteiger partial charge in [-0.25, -0.2) is 4.39 Å². The first-order valence-electron chi connectivity index (χ1n) is 4.66. The number of hydrogen-bond donors (Lipinski definition) is 0. The quantitative estimate of drug-likeness (QED) is 0.738. The predicted molar refractivity (Wildman–Crippen MR) is 57.3 cm³/mol. The molecule has 2 aromatic rings. The summed E-state index contributed by atoms with van der Waals surface area (Å²) in [6.45, 7) is -0.822. The third kappa shape index (κ3) is 2.15. The van der Waals surface area contributed by atoms with Gasteiger partial charge in [0.1, 0.15) is 5.75 Å². The maximum absolute atomic E-state index is 12.1. The zero-order valence-electron chi connectivity index (χ0n) is 8.11. The van der Waals surface area contributed by atoms with E-state index in [4.69, 9.17) is 4.74 Å². The van der Waals surface area contributed by atoms with Gasteiger partial charge in [0, 0.05) is 5.56 Å². The van der Waals surface area contributed by atoms with Crippen molar-refractivity contribution in [2.45, 2.75) is 0 Å².